The van der Waals surface area contributed by atoms with E-state index in [1.807, 2.05) is 4.90 Å². The molecule has 1 saturated carbocycles. The Morgan fingerprint density at radius 3 is 2.54 bits per heavy atom. The van der Waals surface area contributed by atoms with Crippen molar-refractivity contribution in [2.45, 2.75) is 63.5 Å². The molecule has 0 bridgehead atoms. The zero-order valence-electron chi connectivity index (χ0n) is 13.9. The number of rotatable bonds is 3. The van der Waals surface area contributed by atoms with Crippen molar-refractivity contribution in [3.63, 3.8) is 0 Å². The Morgan fingerprint density at radius 2 is 1.83 bits per heavy atom. The van der Waals surface area contributed by atoms with Crippen LogP contribution in [0, 0.1) is 0 Å². The van der Waals surface area contributed by atoms with E-state index in [0.717, 1.165) is 32.2 Å². The number of hydrogen-bond donors (Lipinski definition) is 1. The summed E-state index contributed by atoms with van der Waals surface area (Å²) in [5.41, 5.74) is 0. The highest BCUT2D eigenvalue weighted by Gasteiger charge is 2.27. The third-order valence-electron chi connectivity index (χ3n) is 4.72. The zero-order valence-corrected chi connectivity index (χ0v) is 14.7. The molecule has 0 aromatic carbocycles. The Hall–Kier alpha value is -1.56. The summed E-state index contributed by atoms with van der Waals surface area (Å²) >= 11 is 5.78. The smallest absolute Gasteiger partial charge is 0.317 e. The van der Waals surface area contributed by atoms with E-state index in [9.17, 15) is 4.79 Å². The summed E-state index contributed by atoms with van der Waals surface area (Å²) in [7, 11) is 0. The molecule has 24 heavy (non-hydrogen) atoms. The van der Waals surface area contributed by atoms with E-state index >= 15 is 0 Å². The first-order valence-electron chi connectivity index (χ1n) is 8.90. The van der Waals surface area contributed by atoms with Crippen molar-refractivity contribution in [2.75, 3.05) is 13.1 Å². The molecule has 132 valence electrons. The van der Waals surface area contributed by atoms with E-state index < -0.39 is 0 Å². The quantitative estimate of drug-likeness (QED) is 0.846. The second-order valence-electron chi connectivity index (χ2n) is 6.65. The van der Waals surface area contributed by atoms with Crippen molar-refractivity contribution in [1.29, 1.82) is 0 Å². The number of hydrogen-bond acceptors (Lipinski definition) is 4. The summed E-state index contributed by atoms with van der Waals surface area (Å²) in [6.07, 6.45) is 12.0. The minimum absolute atomic E-state index is 0.0345. The van der Waals surface area contributed by atoms with Gasteiger partial charge in [-0.3, -0.25) is 0 Å². The number of carbonyl (C=O) groups excluding carboxylic acids is 1. The van der Waals surface area contributed by atoms with E-state index in [-0.39, 0.29) is 12.1 Å². The molecular weight excluding hydrogens is 328 g/mol. The standard InChI is InChI=1S/C17H25ClN4O2/c18-13-10-19-16(20-11-13)24-15-8-5-9-22(12-15)17(23)21-14-6-3-1-2-4-7-14/h10-11,14-15H,1-9,12H2,(H,21,23). The molecule has 7 heteroatoms. The van der Waals surface area contributed by atoms with E-state index in [0.29, 0.717) is 23.6 Å². The van der Waals surface area contributed by atoms with Crippen LogP contribution < -0.4 is 10.1 Å². The molecular formula is C17H25ClN4O2. The molecule has 1 atom stereocenters. The number of ether oxygens (including phenoxy) is 1. The van der Waals surface area contributed by atoms with Crippen LogP contribution in [0.25, 0.3) is 0 Å². The molecule has 2 heterocycles. The van der Waals surface area contributed by atoms with Gasteiger partial charge >= 0.3 is 12.0 Å². The topological polar surface area (TPSA) is 67.4 Å². The van der Waals surface area contributed by atoms with Crippen LogP contribution >= 0.6 is 11.6 Å². The lowest BCUT2D eigenvalue weighted by Crippen LogP contribution is -2.51. The molecule has 3 rings (SSSR count). The number of aromatic nitrogens is 2. The third kappa shape index (κ3) is 4.97. The van der Waals surface area contributed by atoms with Crippen LogP contribution in [0.4, 0.5) is 4.79 Å². The van der Waals surface area contributed by atoms with Gasteiger partial charge in [0.15, 0.2) is 0 Å². The Balaban J connectivity index is 1.50. The molecule has 1 aliphatic carbocycles. The van der Waals surface area contributed by atoms with Crippen molar-refractivity contribution in [3.8, 4) is 6.01 Å². The highest BCUT2D eigenvalue weighted by Crippen LogP contribution is 2.19. The van der Waals surface area contributed by atoms with Gasteiger partial charge in [-0.15, -0.1) is 0 Å². The number of nitrogens with zero attached hydrogens (tertiary/aromatic N) is 3. The van der Waals surface area contributed by atoms with Gasteiger partial charge in [0, 0.05) is 12.6 Å². The second kappa shape index (κ2) is 8.51. The summed E-state index contributed by atoms with van der Waals surface area (Å²) in [4.78, 5) is 22.5. The van der Waals surface area contributed by atoms with Gasteiger partial charge in [0.1, 0.15) is 6.10 Å². The van der Waals surface area contributed by atoms with E-state index in [2.05, 4.69) is 15.3 Å². The van der Waals surface area contributed by atoms with Crippen LogP contribution in [-0.4, -0.2) is 46.1 Å². The summed E-state index contributed by atoms with van der Waals surface area (Å²) in [5.74, 6) is 0. The maximum Gasteiger partial charge on any atom is 0.317 e. The molecule has 1 unspecified atom stereocenters. The van der Waals surface area contributed by atoms with Gasteiger partial charge in [0.05, 0.1) is 24.0 Å². The van der Waals surface area contributed by atoms with Gasteiger partial charge in [0.25, 0.3) is 0 Å². The van der Waals surface area contributed by atoms with Crippen LogP contribution in [0.5, 0.6) is 6.01 Å². The fourth-order valence-electron chi connectivity index (χ4n) is 3.42. The van der Waals surface area contributed by atoms with Crippen LogP contribution in [0.2, 0.25) is 5.02 Å². The van der Waals surface area contributed by atoms with Crippen LogP contribution in [0.3, 0.4) is 0 Å². The van der Waals surface area contributed by atoms with Crippen molar-refractivity contribution < 1.29 is 9.53 Å². The number of urea groups is 1. The van der Waals surface area contributed by atoms with Crippen LogP contribution in [0.1, 0.15) is 51.4 Å². The first kappa shape index (κ1) is 17.3. The van der Waals surface area contributed by atoms with Gasteiger partial charge < -0.3 is 15.0 Å². The Morgan fingerprint density at radius 1 is 1.12 bits per heavy atom. The predicted molar refractivity (Wildman–Crippen MR) is 92.3 cm³/mol. The van der Waals surface area contributed by atoms with Gasteiger partial charge in [-0.1, -0.05) is 37.3 Å². The number of amides is 2. The summed E-state index contributed by atoms with van der Waals surface area (Å²) in [5, 5.41) is 3.69. The van der Waals surface area contributed by atoms with E-state index in [1.54, 1.807) is 0 Å². The second-order valence-corrected chi connectivity index (χ2v) is 7.09. The minimum Gasteiger partial charge on any atom is -0.458 e. The van der Waals surface area contributed by atoms with Crippen LogP contribution in [0.15, 0.2) is 12.4 Å². The molecule has 2 aliphatic rings. The van der Waals surface area contributed by atoms with Gasteiger partial charge in [-0.05, 0) is 25.7 Å². The van der Waals surface area contributed by atoms with E-state index in [4.69, 9.17) is 16.3 Å². The molecule has 1 aliphatic heterocycles. The first-order chi connectivity index (χ1) is 11.7. The molecule has 1 saturated heterocycles. The Kier molecular flexibility index (Phi) is 6.12. The highest BCUT2D eigenvalue weighted by molar-refractivity contribution is 6.30. The number of likely N-dealkylation sites (tertiary alicyclic amines) is 1. The third-order valence-corrected chi connectivity index (χ3v) is 4.91. The van der Waals surface area contributed by atoms with Gasteiger partial charge in [0.2, 0.25) is 0 Å². The molecule has 1 aromatic heterocycles. The van der Waals surface area contributed by atoms with Crippen molar-refractivity contribution in [3.05, 3.63) is 17.4 Å². The maximum atomic E-state index is 12.5. The molecule has 0 spiro atoms. The average Bonchev–Trinajstić information content (AvgIpc) is 2.86. The lowest BCUT2D eigenvalue weighted by atomic mass is 10.1. The molecule has 2 amide bonds. The number of piperidine rings is 1. The molecule has 6 nitrogen and oxygen atoms in total. The summed E-state index contributed by atoms with van der Waals surface area (Å²) < 4.78 is 5.80. The number of nitrogens with one attached hydrogen (secondary N) is 1. The normalized spacial score (nSPS) is 22.7. The monoisotopic (exact) mass is 352 g/mol. The fourth-order valence-corrected chi connectivity index (χ4v) is 3.52. The molecule has 1 N–H and O–H groups in total. The van der Waals surface area contributed by atoms with E-state index in [1.165, 1.54) is 38.1 Å². The molecule has 1 aromatic rings. The summed E-state index contributed by atoms with van der Waals surface area (Å²) in [6.45, 7) is 1.35. The average molecular weight is 353 g/mol. The minimum atomic E-state index is -0.0696. The van der Waals surface area contributed by atoms with Crippen molar-refractivity contribution >= 4 is 17.6 Å². The molecule has 0 radical (unpaired) electrons. The Labute approximate surface area is 147 Å². The lowest BCUT2D eigenvalue weighted by molar-refractivity contribution is 0.0926. The first-order valence-corrected chi connectivity index (χ1v) is 9.28. The highest BCUT2D eigenvalue weighted by atomic mass is 35.5. The number of halogens is 1. The maximum absolute atomic E-state index is 12.5. The van der Waals surface area contributed by atoms with Gasteiger partial charge in [-0.2, -0.15) is 0 Å². The van der Waals surface area contributed by atoms with Crippen molar-refractivity contribution in [2.24, 2.45) is 0 Å². The summed E-state index contributed by atoms with van der Waals surface area (Å²) in [6, 6.07) is 0.670. The van der Waals surface area contributed by atoms with Crippen molar-refractivity contribution in [1.82, 2.24) is 20.2 Å². The van der Waals surface area contributed by atoms with Gasteiger partial charge in [-0.25, -0.2) is 14.8 Å². The van der Waals surface area contributed by atoms with Crippen LogP contribution in [-0.2, 0) is 0 Å². The predicted octanol–water partition coefficient (Wildman–Crippen LogP) is 3.41. The fraction of sp³-hybridized carbons (Fsp3) is 0.706. The Bertz CT molecular complexity index is 532. The number of carbonyl (C=O) groups is 1. The molecule has 2 fully saturated rings. The zero-order chi connectivity index (χ0) is 16.8. The lowest BCUT2D eigenvalue weighted by Gasteiger charge is -2.33. The largest absolute Gasteiger partial charge is 0.458 e. The SMILES string of the molecule is O=C(NC1CCCCCC1)N1CCCC(Oc2ncc(Cl)cn2)C1.